The van der Waals surface area contributed by atoms with Crippen LogP contribution in [-0.4, -0.2) is 34.4 Å². The molecule has 1 fully saturated rings. The van der Waals surface area contributed by atoms with Gasteiger partial charge in [-0.2, -0.15) is 0 Å². The first-order chi connectivity index (χ1) is 13.5. The molecule has 1 heterocycles. The first kappa shape index (κ1) is 19.9. The largest absolute Gasteiger partial charge is 0.488 e. The zero-order valence-corrected chi connectivity index (χ0v) is 16.7. The van der Waals surface area contributed by atoms with Gasteiger partial charge in [0.15, 0.2) is 0 Å². The Kier molecular flexibility index (Phi) is 5.97. The second-order valence-corrected chi connectivity index (χ2v) is 7.50. The number of hydrogen-bond acceptors (Lipinski definition) is 6. The van der Waals surface area contributed by atoms with Gasteiger partial charge in [0.2, 0.25) is 0 Å². The van der Waals surface area contributed by atoms with Gasteiger partial charge in [-0.15, -0.1) is 6.58 Å². The van der Waals surface area contributed by atoms with E-state index in [9.17, 15) is 0 Å². The predicted octanol–water partition coefficient (Wildman–Crippen LogP) is 4.20. The summed E-state index contributed by atoms with van der Waals surface area (Å²) in [5, 5.41) is 8.67. The molecule has 3 rings (SSSR count). The maximum atomic E-state index is 8.67. The molecule has 1 aliphatic carbocycles. The third kappa shape index (κ3) is 4.68. The Bertz CT molecular complexity index is 860. The van der Waals surface area contributed by atoms with Crippen LogP contribution in [0.15, 0.2) is 43.2 Å². The number of anilines is 2. The summed E-state index contributed by atoms with van der Waals surface area (Å²) in [7, 11) is 0. The fraction of sp³-hybridized carbons (Fsp3) is 0.409. The average Bonchev–Trinajstić information content (AvgIpc) is 3.43. The Morgan fingerprint density at radius 1 is 1.32 bits per heavy atom. The fourth-order valence-corrected chi connectivity index (χ4v) is 3.03. The van der Waals surface area contributed by atoms with Crippen LogP contribution in [-0.2, 0) is 0 Å². The highest BCUT2D eigenvalue weighted by Crippen LogP contribution is 2.40. The number of aromatic nitrogens is 2. The fourth-order valence-electron chi connectivity index (χ4n) is 3.03. The van der Waals surface area contributed by atoms with Crippen molar-refractivity contribution in [2.24, 2.45) is 0 Å². The maximum Gasteiger partial charge on any atom is 0.132 e. The van der Waals surface area contributed by atoms with Crippen LogP contribution < -0.4 is 15.4 Å². The molecule has 0 amide bonds. The van der Waals surface area contributed by atoms with Crippen LogP contribution in [0.25, 0.3) is 0 Å². The van der Waals surface area contributed by atoms with E-state index in [-0.39, 0.29) is 11.3 Å². The van der Waals surface area contributed by atoms with Crippen LogP contribution in [0.5, 0.6) is 5.75 Å². The van der Waals surface area contributed by atoms with Gasteiger partial charge in [-0.1, -0.05) is 13.0 Å². The zero-order valence-electron chi connectivity index (χ0n) is 16.7. The number of nitrogens with one attached hydrogen (secondary N) is 1. The molecule has 1 aromatic heterocycles. The molecule has 1 aromatic carbocycles. The molecule has 0 radical (unpaired) electrons. The van der Waals surface area contributed by atoms with Crippen molar-refractivity contribution in [2.75, 3.05) is 23.7 Å². The van der Waals surface area contributed by atoms with E-state index in [1.165, 1.54) is 6.33 Å². The molecule has 0 atom stereocenters. The predicted molar refractivity (Wildman–Crippen MR) is 114 cm³/mol. The summed E-state index contributed by atoms with van der Waals surface area (Å²) in [4.78, 5) is 10.9. The molecule has 28 heavy (non-hydrogen) atoms. The van der Waals surface area contributed by atoms with E-state index in [1.807, 2.05) is 24.3 Å². The number of nitrogens with zero attached hydrogens (tertiary/aromatic N) is 3. The summed E-state index contributed by atoms with van der Waals surface area (Å²) in [6.07, 6.45) is 7.41. The van der Waals surface area contributed by atoms with E-state index in [0.717, 1.165) is 50.3 Å². The van der Waals surface area contributed by atoms with Crippen LogP contribution in [0.3, 0.4) is 0 Å². The lowest BCUT2D eigenvalue weighted by molar-refractivity contribution is 0.200. The average molecular weight is 380 g/mol. The molecular formula is C22H29N5O. The van der Waals surface area contributed by atoms with Crippen molar-refractivity contribution in [2.45, 2.75) is 45.1 Å². The Balaban J connectivity index is 1.86. The summed E-state index contributed by atoms with van der Waals surface area (Å²) >= 11 is 0. The molecule has 0 saturated heterocycles. The molecular weight excluding hydrogens is 350 g/mol. The van der Waals surface area contributed by atoms with Crippen LogP contribution >= 0.6 is 0 Å². The van der Waals surface area contributed by atoms with E-state index < -0.39 is 0 Å². The maximum absolute atomic E-state index is 8.67. The van der Waals surface area contributed by atoms with Gasteiger partial charge in [-0.3, -0.25) is 5.41 Å². The van der Waals surface area contributed by atoms with Crippen LogP contribution in [0.4, 0.5) is 11.5 Å². The number of rotatable bonds is 10. The minimum atomic E-state index is -0.0799. The molecule has 1 saturated carbocycles. The first-order valence-corrected chi connectivity index (χ1v) is 9.81. The molecule has 0 unspecified atom stereocenters. The lowest BCUT2D eigenvalue weighted by Crippen LogP contribution is -2.26. The van der Waals surface area contributed by atoms with Crippen molar-refractivity contribution >= 4 is 17.2 Å². The summed E-state index contributed by atoms with van der Waals surface area (Å²) in [6, 6.07) is 7.35. The Labute approximate surface area is 167 Å². The summed E-state index contributed by atoms with van der Waals surface area (Å²) < 4.78 is 6.03. The van der Waals surface area contributed by atoms with Gasteiger partial charge >= 0.3 is 0 Å². The topological polar surface area (TPSA) is 88.1 Å². The van der Waals surface area contributed by atoms with Crippen molar-refractivity contribution < 1.29 is 4.74 Å². The van der Waals surface area contributed by atoms with E-state index in [0.29, 0.717) is 16.9 Å². The molecule has 148 valence electrons. The molecule has 0 aliphatic heterocycles. The van der Waals surface area contributed by atoms with Crippen molar-refractivity contribution in [1.29, 1.82) is 5.41 Å². The van der Waals surface area contributed by atoms with E-state index >= 15 is 0 Å². The SMILES string of the molecule is C=CCCN(CCC)c1cc(C(=N)c2cc(OC3(C)CC3)ccc2N)ncn1. The standard InChI is InChI=1S/C22H29N5O/c1-4-6-12-27(11-5-2)20-14-19(25-15-26-20)21(24)17-13-16(7-8-18(17)23)28-22(3)9-10-22/h4,7-8,13-15,24H,1,5-6,9-12,23H2,2-3H3. The minimum Gasteiger partial charge on any atom is -0.488 e. The number of nitrogens with two attached hydrogens (primary N) is 1. The molecule has 6 nitrogen and oxygen atoms in total. The molecule has 0 bridgehead atoms. The summed E-state index contributed by atoms with van der Waals surface area (Å²) in [5.74, 6) is 1.55. The minimum absolute atomic E-state index is 0.0799. The highest BCUT2D eigenvalue weighted by molar-refractivity contribution is 6.13. The van der Waals surface area contributed by atoms with Crippen molar-refractivity contribution in [1.82, 2.24) is 9.97 Å². The van der Waals surface area contributed by atoms with Crippen molar-refractivity contribution in [3.63, 3.8) is 0 Å². The van der Waals surface area contributed by atoms with E-state index in [1.54, 1.807) is 6.07 Å². The van der Waals surface area contributed by atoms with Gasteiger partial charge in [0, 0.05) is 30.4 Å². The smallest absolute Gasteiger partial charge is 0.132 e. The van der Waals surface area contributed by atoms with E-state index in [4.69, 9.17) is 15.9 Å². The van der Waals surface area contributed by atoms with Crippen LogP contribution in [0.2, 0.25) is 0 Å². The quantitative estimate of drug-likeness (QED) is 0.367. The van der Waals surface area contributed by atoms with Crippen LogP contribution in [0.1, 0.15) is 50.8 Å². The highest BCUT2D eigenvalue weighted by atomic mass is 16.5. The van der Waals surface area contributed by atoms with E-state index in [2.05, 4.69) is 35.3 Å². The Morgan fingerprint density at radius 2 is 2.11 bits per heavy atom. The van der Waals surface area contributed by atoms with Gasteiger partial charge in [0.1, 0.15) is 23.5 Å². The highest BCUT2D eigenvalue weighted by Gasteiger charge is 2.40. The second kappa shape index (κ2) is 8.42. The molecule has 1 aliphatic rings. The van der Waals surface area contributed by atoms with Gasteiger partial charge in [-0.25, -0.2) is 9.97 Å². The van der Waals surface area contributed by atoms with Gasteiger partial charge in [-0.05, 0) is 50.8 Å². The molecule has 0 spiro atoms. The Hall–Kier alpha value is -2.89. The van der Waals surface area contributed by atoms with Gasteiger partial charge < -0.3 is 15.4 Å². The second-order valence-electron chi connectivity index (χ2n) is 7.50. The third-order valence-corrected chi connectivity index (χ3v) is 4.94. The third-order valence-electron chi connectivity index (χ3n) is 4.94. The van der Waals surface area contributed by atoms with Gasteiger partial charge in [0.25, 0.3) is 0 Å². The first-order valence-electron chi connectivity index (χ1n) is 9.81. The lowest BCUT2D eigenvalue weighted by atomic mass is 10.0. The summed E-state index contributed by atoms with van der Waals surface area (Å²) in [6.45, 7) is 9.76. The molecule has 3 N–H and O–H groups in total. The summed E-state index contributed by atoms with van der Waals surface area (Å²) in [5.41, 5.74) is 8.06. The number of hydrogen-bond donors (Lipinski definition) is 2. The number of benzene rings is 1. The van der Waals surface area contributed by atoms with Crippen LogP contribution in [0, 0.1) is 5.41 Å². The lowest BCUT2D eigenvalue weighted by Gasteiger charge is -2.23. The monoisotopic (exact) mass is 379 g/mol. The normalized spacial score (nSPS) is 14.4. The van der Waals surface area contributed by atoms with Crippen molar-refractivity contribution in [3.05, 3.63) is 54.5 Å². The zero-order chi connectivity index (χ0) is 20.1. The molecule has 2 aromatic rings. The van der Waals surface area contributed by atoms with Crippen molar-refractivity contribution in [3.8, 4) is 5.75 Å². The molecule has 6 heteroatoms. The van der Waals surface area contributed by atoms with Gasteiger partial charge in [0.05, 0.1) is 11.4 Å². The number of ether oxygens (including phenoxy) is 1. The Morgan fingerprint density at radius 3 is 2.79 bits per heavy atom. The number of nitrogen functional groups attached to an aromatic ring is 1.